The predicted octanol–water partition coefficient (Wildman–Crippen LogP) is 2.73. The van der Waals surface area contributed by atoms with E-state index in [0.29, 0.717) is 24.2 Å². The summed E-state index contributed by atoms with van der Waals surface area (Å²) in [5, 5.41) is 6.80. The maximum Gasteiger partial charge on any atom is 0.241 e. The highest BCUT2D eigenvalue weighted by Crippen LogP contribution is 2.11. The number of aliphatic imine (C=N–C) groups is 1. The number of pyridine rings is 1. The Morgan fingerprint density at radius 1 is 1.14 bits per heavy atom. The Morgan fingerprint density at radius 3 is 2.41 bits per heavy atom. The highest BCUT2D eigenvalue weighted by molar-refractivity contribution is 14.0. The summed E-state index contributed by atoms with van der Waals surface area (Å²) in [7, 11) is 5.08. The summed E-state index contributed by atoms with van der Waals surface area (Å²) in [4.78, 5) is 22.0. The van der Waals surface area contributed by atoms with Gasteiger partial charge in [0.05, 0.1) is 20.2 Å². The zero-order valence-electron chi connectivity index (χ0n) is 16.8. The first kappa shape index (κ1) is 25.0. The number of rotatable bonds is 8. The first-order valence-corrected chi connectivity index (χ1v) is 9.31. The highest BCUT2D eigenvalue weighted by atomic mass is 127. The molecule has 0 bridgehead atoms. The Labute approximate surface area is 193 Å². The van der Waals surface area contributed by atoms with Gasteiger partial charge in [-0.15, -0.1) is 24.0 Å². The van der Waals surface area contributed by atoms with Gasteiger partial charge in [-0.2, -0.15) is 0 Å². The quantitative estimate of drug-likeness (QED) is 0.237. The molecule has 2 aromatic rings. The Morgan fingerprint density at radius 2 is 1.83 bits per heavy atom. The van der Waals surface area contributed by atoms with Crippen molar-refractivity contribution in [3.63, 3.8) is 0 Å². The van der Waals surface area contributed by atoms with Gasteiger partial charge >= 0.3 is 0 Å². The number of nitrogens with zero attached hydrogens (tertiary/aromatic N) is 3. The summed E-state index contributed by atoms with van der Waals surface area (Å²) in [6.45, 7) is 1.30. The maximum absolute atomic E-state index is 11.9. The molecule has 2 rings (SSSR count). The summed E-state index contributed by atoms with van der Waals surface area (Å²) < 4.78 is 5.17. The van der Waals surface area contributed by atoms with Gasteiger partial charge < -0.3 is 20.3 Å². The fourth-order valence-corrected chi connectivity index (χ4v) is 2.38. The number of hydrogen-bond donors (Lipinski definition) is 2. The van der Waals surface area contributed by atoms with Crippen molar-refractivity contribution >= 4 is 47.4 Å². The predicted molar refractivity (Wildman–Crippen MR) is 127 cm³/mol. The number of aromatic nitrogens is 1. The molecule has 9 heteroatoms. The van der Waals surface area contributed by atoms with Gasteiger partial charge in [0, 0.05) is 26.8 Å². The maximum atomic E-state index is 11.9. The molecule has 0 fully saturated rings. The van der Waals surface area contributed by atoms with E-state index in [-0.39, 0.29) is 36.4 Å². The minimum Gasteiger partial charge on any atom is -0.497 e. The normalized spacial score (nSPS) is 10.7. The molecule has 0 aliphatic rings. The van der Waals surface area contributed by atoms with Crippen molar-refractivity contribution in [2.75, 3.05) is 34.3 Å². The smallest absolute Gasteiger partial charge is 0.241 e. The number of hydrogen-bond acceptors (Lipinski definition) is 4. The Bertz CT molecular complexity index is 782. The van der Waals surface area contributed by atoms with Crippen LogP contribution in [-0.4, -0.2) is 56.0 Å². The fraction of sp³-hybridized carbons (Fsp3) is 0.350. The second kappa shape index (κ2) is 13.2. The number of carbonyl (C=O) groups is 1. The third-order valence-corrected chi connectivity index (χ3v) is 4.20. The summed E-state index contributed by atoms with van der Waals surface area (Å²) in [5.74, 6) is 1.35. The molecule has 7 nitrogen and oxygen atoms in total. The van der Waals surface area contributed by atoms with Crippen LogP contribution < -0.4 is 15.4 Å². The van der Waals surface area contributed by atoms with E-state index in [1.165, 1.54) is 4.90 Å². The van der Waals surface area contributed by atoms with Crippen molar-refractivity contribution < 1.29 is 9.53 Å². The molecule has 1 aromatic heterocycles. The van der Waals surface area contributed by atoms with Gasteiger partial charge in [0.2, 0.25) is 5.91 Å². The Hall–Kier alpha value is -2.07. The standard InChI is InChI=1S/C20H26ClN5O2.HI/c1-26(2)19(27)14-25-20(22-11-10-16-6-9-18(21)23-12-16)24-13-15-4-7-17(28-3)8-5-15;/h4-9,12H,10-11,13-14H2,1-3H3,(H2,22,24,25);1H. The lowest BCUT2D eigenvalue weighted by Gasteiger charge is -2.15. The minimum absolute atomic E-state index is 0. The number of halogens is 2. The molecule has 158 valence electrons. The number of benzene rings is 1. The molecule has 0 atom stereocenters. The minimum atomic E-state index is -0.0270. The van der Waals surface area contributed by atoms with Crippen molar-refractivity contribution in [3.8, 4) is 5.75 Å². The second-order valence-corrected chi connectivity index (χ2v) is 6.71. The summed E-state index contributed by atoms with van der Waals surface area (Å²) in [6.07, 6.45) is 2.51. The fourth-order valence-electron chi connectivity index (χ4n) is 2.27. The molecule has 0 spiro atoms. The number of carbonyl (C=O) groups excluding carboxylic acids is 1. The zero-order chi connectivity index (χ0) is 20.4. The largest absolute Gasteiger partial charge is 0.497 e. The van der Waals surface area contributed by atoms with E-state index in [0.717, 1.165) is 23.3 Å². The van der Waals surface area contributed by atoms with Crippen LogP contribution in [0.2, 0.25) is 5.15 Å². The van der Waals surface area contributed by atoms with Crippen LogP contribution in [0.25, 0.3) is 0 Å². The molecule has 0 aliphatic carbocycles. The van der Waals surface area contributed by atoms with E-state index >= 15 is 0 Å². The number of ether oxygens (including phenoxy) is 1. The monoisotopic (exact) mass is 531 g/mol. The molecule has 1 amide bonds. The average Bonchev–Trinajstić information content (AvgIpc) is 2.71. The van der Waals surface area contributed by atoms with E-state index in [4.69, 9.17) is 16.3 Å². The summed E-state index contributed by atoms with van der Waals surface area (Å²) in [6, 6.07) is 11.4. The van der Waals surface area contributed by atoms with Crippen LogP contribution in [0.1, 0.15) is 11.1 Å². The molecule has 0 radical (unpaired) electrons. The molecular formula is C20H27ClIN5O2. The topological polar surface area (TPSA) is 78.8 Å². The van der Waals surface area contributed by atoms with Gasteiger partial charge in [0.25, 0.3) is 0 Å². The molecule has 0 aliphatic heterocycles. The van der Waals surface area contributed by atoms with Gasteiger partial charge in [-0.3, -0.25) is 4.79 Å². The van der Waals surface area contributed by atoms with Crippen molar-refractivity contribution in [2.24, 2.45) is 4.99 Å². The number of guanidine groups is 1. The molecule has 0 saturated carbocycles. The van der Waals surface area contributed by atoms with Crippen molar-refractivity contribution in [1.82, 2.24) is 20.5 Å². The van der Waals surface area contributed by atoms with Crippen LogP contribution in [0.4, 0.5) is 0 Å². The van der Waals surface area contributed by atoms with Gasteiger partial charge in [-0.25, -0.2) is 9.98 Å². The van der Waals surface area contributed by atoms with E-state index in [1.54, 1.807) is 33.5 Å². The Kier molecular flexibility index (Phi) is 11.4. The lowest BCUT2D eigenvalue weighted by Crippen LogP contribution is -2.43. The van der Waals surface area contributed by atoms with Crippen molar-refractivity contribution in [3.05, 3.63) is 58.9 Å². The van der Waals surface area contributed by atoms with E-state index < -0.39 is 0 Å². The average molecular weight is 532 g/mol. The molecule has 0 saturated heterocycles. The second-order valence-electron chi connectivity index (χ2n) is 6.32. The van der Waals surface area contributed by atoms with Crippen LogP contribution in [0.15, 0.2) is 47.6 Å². The third kappa shape index (κ3) is 9.31. The first-order chi connectivity index (χ1) is 13.5. The first-order valence-electron chi connectivity index (χ1n) is 8.93. The van der Waals surface area contributed by atoms with Gasteiger partial charge in [-0.05, 0) is 35.7 Å². The van der Waals surface area contributed by atoms with Gasteiger partial charge in [0.15, 0.2) is 5.96 Å². The van der Waals surface area contributed by atoms with Crippen LogP contribution in [0, 0.1) is 0 Å². The SMILES string of the molecule is COc1ccc(CN=C(NCCc2ccc(Cl)nc2)NCC(=O)N(C)C)cc1.I. The molecular weight excluding hydrogens is 505 g/mol. The molecule has 1 aromatic carbocycles. The van der Waals surface area contributed by atoms with Crippen molar-refractivity contribution in [1.29, 1.82) is 0 Å². The van der Waals surface area contributed by atoms with E-state index in [9.17, 15) is 4.79 Å². The Balaban J connectivity index is 0.00000420. The van der Waals surface area contributed by atoms with E-state index in [1.807, 2.05) is 30.3 Å². The van der Waals surface area contributed by atoms with E-state index in [2.05, 4.69) is 20.6 Å². The molecule has 2 N–H and O–H groups in total. The highest BCUT2D eigenvalue weighted by Gasteiger charge is 2.06. The van der Waals surface area contributed by atoms with Gasteiger partial charge in [0.1, 0.15) is 10.9 Å². The number of nitrogens with one attached hydrogen (secondary N) is 2. The lowest BCUT2D eigenvalue weighted by molar-refractivity contribution is -0.127. The number of likely N-dealkylation sites (N-methyl/N-ethyl adjacent to an activating group) is 1. The summed E-state index contributed by atoms with van der Waals surface area (Å²) in [5.41, 5.74) is 2.11. The van der Waals surface area contributed by atoms with Crippen LogP contribution >= 0.6 is 35.6 Å². The molecule has 1 heterocycles. The lowest BCUT2D eigenvalue weighted by atomic mass is 10.2. The number of methoxy groups -OCH3 is 1. The van der Waals surface area contributed by atoms with Crippen molar-refractivity contribution in [2.45, 2.75) is 13.0 Å². The van der Waals surface area contributed by atoms with Crippen LogP contribution in [-0.2, 0) is 17.8 Å². The van der Waals surface area contributed by atoms with Gasteiger partial charge in [-0.1, -0.05) is 29.8 Å². The molecule has 0 unspecified atom stereocenters. The zero-order valence-corrected chi connectivity index (χ0v) is 19.9. The summed E-state index contributed by atoms with van der Waals surface area (Å²) >= 11 is 5.81. The van der Waals surface area contributed by atoms with Crippen LogP contribution in [0.5, 0.6) is 5.75 Å². The molecule has 29 heavy (non-hydrogen) atoms. The third-order valence-electron chi connectivity index (χ3n) is 3.98. The van der Waals surface area contributed by atoms with Crippen LogP contribution in [0.3, 0.4) is 0 Å². The number of amides is 1.